The molecule has 2 rings (SSSR count). The van der Waals surface area contributed by atoms with Gasteiger partial charge in [-0.15, -0.1) is 0 Å². The minimum absolute atomic E-state index is 0.0172. The summed E-state index contributed by atoms with van der Waals surface area (Å²) in [6.45, 7) is 7.26. The summed E-state index contributed by atoms with van der Waals surface area (Å²) < 4.78 is 5.27. The summed E-state index contributed by atoms with van der Waals surface area (Å²) in [6, 6.07) is 0.861. The maximum Gasteiger partial charge on any atom is 0.246 e. The molecule has 98 valence electrons. The molecule has 1 unspecified atom stereocenters. The molecule has 0 aromatic rings. The summed E-state index contributed by atoms with van der Waals surface area (Å²) >= 11 is 0. The Morgan fingerprint density at radius 1 is 1.41 bits per heavy atom. The van der Waals surface area contributed by atoms with Crippen molar-refractivity contribution < 1.29 is 9.53 Å². The number of amides is 1. The van der Waals surface area contributed by atoms with E-state index in [0.717, 1.165) is 19.1 Å². The Hall–Kier alpha value is -0.610. The molecule has 4 nitrogen and oxygen atoms in total. The second-order valence-corrected chi connectivity index (χ2v) is 5.54. The zero-order chi connectivity index (χ0) is 12.3. The monoisotopic (exact) mass is 240 g/mol. The molecule has 1 aliphatic carbocycles. The Morgan fingerprint density at radius 2 is 2.18 bits per heavy atom. The lowest BCUT2D eigenvalue weighted by atomic mass is 10.1. The first-order valence-corrected chi connectivity index (χ1v) is 6.77. The van der Waals surface area contributed by atoms with Gasteiger partial charge >= 0.3 is 0 Å². The average molecular weight is 240 g/mol. The van der Waals surface area contributed by atoms with Gasteiger partial charge in [-0.25, -0.2) is 0 Å². The number of nitrogens with one attached hydrogen (secondary N) is 1. The smallest absolute Gasteiger partial charge is 0.246 e. The fourth-order valence-electron chi connectivity index (χ4n) is 2.35. The maximum absolute atomic E-state index is 11.5. The van der Waals surface area contributed by atoms with Gasteiger partial charge < -0.3 is 15.0 Å². The molecule has 1 saturated carbocycles. The highest BCUT2D eigenvalue weighted by molar-refractivity contribution is 5.77. The minimum atomic E-state index is 0.0172. The van der Waals surface area contributed by atoms with Gasteiger partial charge in [0.15, 0.2) is 0 Å². The van der Waals surface area contributed by atoms with Crippen molar-refractivity contribution in [2.75, 3.05) is 26.2 Å². The molecule has 1 atom stereocenters. The molecule has 1 aliphatic heterocycles. The SMILES string of the molecule is CC(C)OCC(=O)NCC1CCN(C2CC2)C1. The van der Waals surface area contributed by atoms with Gasteiger partial charge in [-0.2, -0.15) is 0 Å². The Morgan fingerprint density at radius 3 is 2.82 bits per heavy atom. The van der Waals surface area contributed by atoms with Gasteiger partial charge in [0.2, 0.25) is 5.91 Å². The molecule has 0 bridgehead atoms. The molecule has 1 saturated heterocycles. The average Bonchev–Trinajstić information content (AvgIpc) is 3.04. The van der Waals surface area contributed by atoms with Gasteiger partial charge in [0.1, 0.15) is 6.61 Å². The van der Waals surface area contributed by atoms with E-state index in [4.69, 9.17) is 4.74 Å². The summed E-state index contributed by atoms with van der Waals surface area (Å²) in [6.07, 6.45) is 4.10. The molecule has 1 heterocycles. The normalized spacial score (nSPS) is 25.5. The van der Waals surface area contributed by atoms with Gasteiger partial charge in [-0.1, -0.05) is 0 Å². The molecule has 2 fully saturated rings. The van der Waals surface area contributed by atoms with Crippen LogP contribution >= 0.6 is 0 Å². The summed E-state index contributed by atoms with van der Waals surface area (Å²) in [5, 5.41) is 2.97. The van der Waals surface area contributed by atoms with Crippen LogP contribution in [0.3, 0.4) is 0 Å². The van der Waals surface area contributed by atoms with Crippen LogP contribution in [0.4, 0.5) is 0 Å². The van der Waals surface area contributed by atoms with E-state index in [-0.39, 0.29) is 18.6 Å². The number of nitrogens with zero attached hydrogens (tertiary/aromatic N) is 1. The number of carbonyl (C=O) groups excluding carboxylic acids is 1. The Labute approximate surface area is 104 Å². The molecule has 0 aromatic heterocycles. The molecule has 0 aromatic carbocycles. The molecule has 1 N–H and O–H groups in total. The van der Waals surface area contributed by atoms with Crippen molar-refractivity contribution >= 4 is 5.91 Å². The van der Waals surface area contributed by atoms with Crippen molar-refractivity contribution in [2.45, 2.75) is 45.3 Å². The van der Waals surface area contributed by atoms with E-state index in [2.05, 4.69) is 10.2 Å². The number of hydrogen-bond acceptors (Lipinski definition) is 3. The van der Waals surface area contributed by atoms with Crippen LogP contribution in [0, 0.1) is 5.92 Å². The van der Waals surface area contributed by atoms with E-state index < -0.39 is 0 Å². The molecule has 0 spiro atoms. The van der Waals surface area contributed by atoms with Crippen LogP contribution in [0.15, 0.2) is 0 Å². The summed E-state index contributed by atoms with van der Waals surface area (Å²) in [5.74, 6) is 0.655. The fraction of sp³-hybridized carbons (Fsp3) is 0.923. The van der Waals surface area contributed by atoms with Crippen LogP contribution < -0.4 is 5.32 Å². The molecular weight excluding hydrogens is 216 g/mol. The Kier molecular flexibility index (Phi) is 4.40. The van der Waals surface area contributed by atoms with Crippen LogP contribution in [0.2, 0.25) is 0 Å². The zero-order valence-corrected chi connectivity index (χ0v) is 10.9. The highest BCUT2D eigenvalue weighted by atomic mass is 16.5. The molecule has 17 heavy (non-hydrogen) atoms. The second kappa shape index (κ2) is 5.83. The van der Waals surface area contributed by atoms with Gasteiger partial charge in [-0.05, 0) is 45.6 Å². The van der Waals surface area contributed by atoms with E-state index in [0.29, 0.717) is 5.92 Å². The van der Waals surface area contributed by atoms with E-state index in [1.54, 1.807) is 0 Å². The third kappa shape index (κ3) is 4.28. The lowest BCUT2D eigenvalue weighted by molar-refractivity contribution is -0.127. The van der Waals surface area contributed by atoms with Crippen LogP contribution in [0.25, 0.3) is 0 Å². The fourth-order valence-corrected chi connectivity index (χ4v) is 2.35. The first kappa shape index (κ1) is 12.8. The Bertz CT molecular complexity index is 264. The van der Waals surface area contributed by atoms with Crippen molar-refractivity contribution in [1.82, 2.24) is 10.2 Å². The molecule has 0 radical (unpaired) electrons. The number of carbonyl (C=O) groups is 1. The number of likely N-dealkylation sites (tertiary alicyclic amines) is 1. The van der Waals surface area contributed by atoms with Gasteiger partial charge in [0.05, 0.1) is 6.10 Å². The van der Waals surface area contributed by atoms with Gasteiger partial charge in [0, 0.05) is 19.1 Å². The van der Waals surface area contributed by atoms with E-state index in [9.17, 15) is 4.79 Å². The van der Waals surface area contributed by atoms with Gasteiger partial charge in [0.25, 0.3) is 0 Å². The van der Waals surface area contributed by atoms with Crippen molar-refractivity contribution in [3.8, 4) is 0 Å². The maximum atomic E-state index is 11.5. The second-order valence-electron chi connectivity index (χ2n) is 5.54. The van der Waals surface area contributed by atoms with Crippen LogP contribution in [-0.2, 0) is 9.53 Å². The first-order chi connectivity index (χ1) is 8.15. The summed E-state index contributed by atoms with van der Waals surface area (Å²) in [5.41, 5.74) is 0. The Balaban J connectivity index is 1.57. The van der Waals surface area contributed by atoms with Gasteiger partial charge in [-0.3, -0.25) is 4.79 Å². The van der Waals surface area contributed by atoms with Crippen LogP contribution in [0.1, 0.15) is 33.1 Å². The van der Waals surface area contributed by atoms with Crippen molar-refractivity contribution in [2.24, 2.45) is 5.92 Å². The standard InChI is InChI=1S/C13H24N2O2/c1-10(2)17-9-13(16)14-7-11-5-6-15(8-11)12-3-4-12/h10-12H,3-9H2,1-2H3,(H,14,16). The number of rotatable bonds is 6. The summed E-state index contributed by atoms with van der Waals surface area (Å²) in [7, 11) is 0. The lowest BCUT2D eigenvalue weighted by Crippen LogP contribution is -2.34. The summed E-state index contributed by atoms with van der Waals surface area (Å²) in [4.78, 5) is 14.1. The third-order valence-corrected chi connectivity index (χ3v) is 3.52. The van der Waals surface area contributed by atoms with Crippen molar-refractivity contribution in [3.05, 3.63) is 0 Å². The molecule has 1 amide bonds. The topological polar surface area (TPSA) is 41.6 Å². The minimum Gasteiger partial charge on any atom is -0.369 e. The van der Waals surface area contributed by atoms with E-state index in [1.165, 1.54) is 25.8 Å². The molecule has 2 aliphatic rings. The first-order valence-electron chi connectivity index (χ1n) is 6.77. The number of hydrogen-bond donors (Lipinski definition) is 1. The highest BCUT2D eigenvalue weighted by Crippen LogP contribution is 2.31. The predicted molar refractivity (Wildman–Crippen MR) is 66.8 cm³/mol. The van der Waals surface area contributed by atoms with Crippen LogP contribution in [-0.4, -0.2) is 49.2 Å². The largest absolute Gasteiger partial charge is 0.369 e. The van der Waals surface area contributed by atoms with E-state index in [1.807, 2.05) is 13.8 Å². The van der Waals surface area contributed by atoms with E-state index >= 15 is 0 Å². The van der Waals surface area contributed by atoms with Crippen molar-refractivity contribution in [3.63, 3.8) is 0 Å². The molecular formula is C13H24N2O2. The molecule has 4 heteroatoms. The predicted octanol–water partition coefficient (Wildman–Crippen LogP) is 1.01. The lowest BCUT2D eigenvalue weighted by Gasteiger charge is -2.15. The highest BCUT2D eigenvalue weighted by Gasteiger charge is 2.34. The third-order valence-electron chi connectivity index (χ3n) is 3.52. The van der Waals surface area contributed by atoms with Crippen molar-refractivity contribution in [1.29, 1.82) is 0 Å². The number of ether oxygens (including phenoxy) is 1. The van der Waals surface area contributed by atoms with Crippen LogP contribution in [0.5, 0.6) is 0 Å². The zero-order valence-electron chi connectivity index (χ0n) is 10.9. The quantitative estimate of drug-likeness (QED) is 0.753.